The van der Waals surface area contributed by atoms with E-state index in [2.05, 4.69) is 6.92 Å². The first-order valence-electron chi connectivity index (χ1n) is 6.91. The Hall–Kier alpha value is -0.130. The Balaban J connectivity index is 2.46. The summed E-state index contributed by atoms with van der Waals surface area (Å²) in [4.78, 5) is 0. The molecule has 3 unspecified atom stereocenters. The van der Waals surface area contributed by atoms with Crippen molar-refractivity contribution in [2.45, 2.75) is 52.6 Å². The molecule has 1 aliphatic carbocycles. The summed E-state index contributed by atoms with van der Waals surface area (Å²) < 4.78 is 28.3. The molecule has 0 aliphatic heterocycles. The molecular weight excluding hydrogens is 250 g/mol. The third-order valence-electron chi connectivity index (χ3n) is 3.95. The molecule has 1 rings (SSSR count). The predicted molar refractivity (Wildman–Crippen MR) is 73.7 cm³/mol. The highest BCUT2D eigenvalue weighted by Gasteiger charge is 2.25. The smallest absolute Gasteiger partial charge is 0.209 e. The molecule has 0 bridgehead atoms. The molecule has 0 aromatic rings. The van der Waals surface area contributed by atoms with Crippen LogP contribution in [0.4, 0.5) is 0 Å². The summed E-state index contributed by atoms with van der Waals surface area (Å²) in [6.07, 6.45) is 5.11. The summed E-state index contributed by atoms with van der Waals surface area (Å²) in [5.74, 6) is 0.864. The minimum Gasteiger partial charge on any atom is -0.378 e. The van der Waals surface area contributed by atoms with E-state index in [0.717, 1.165) is 6.42 Å². The third-order valence-corrected chi connectivity index (χ3v) is 4.84. The molecule has 0 saturated heterocycles. The van der Waals surface area contributed by atoms with Crippen molar-refractivity contribution in [3.8, 4) is 0 Å². The van der Waals surface area contributed by atoms with Crippen molar-refractivity contribution < 1.29 is 13.2 Å². The standard InChI is InChI=1S/C13H27NO3S/c1-10(2)12(9-18(14,15)16)8-17-13-7-5-4-6-11(13)3/h10-13H,4-9H2,1-3H3,(H2,14,15,16). The second-order valence-electron chi connectivity index (χ2n) is 5.97. The topological polar surface area (TPSA) is 69.4 Å². The van der Waals surface area contributed by atoms with Crippen LogP contribution in [0, 0.1) is 17.8 Å². The molecule has 4 nitrogen and oxygen atoms in total. The molecule has 108 valence electrons. The fourth-order valence-corrected chi connectivity index (χ4v) is 3.59. The molecule has 0 heterocycles. The van der Waals surface area contributed by atoms with Crippen LogP contribution in [-0.4, -0.2) is 26.9 Å². The highest BCUT2D eigenvalue weighted by atomic mass is 32.2. The minimum absolute atomic E-state index is 0.00544. The second kappa shape index (κ2) is 6.87. The number of ether oxygens (including phenoxy) is 1. The van der Waals surface area contributed by atoms with E-state index < -0.39 is 10.0 Å². The summed E-state index contributed by atoms with van der Waals surface area (Å²) in [6, 6.07) is 0. The van der Waals surface area contributed by atoms with Gasteiger partial charge in [0.05, 0.1) is 18.5 Å². The second-order valence-corrected chi connectivity index (χ2v) is 7.63. The zero-order chi connectivity index (χ0) is 13.8. The Morgan fingerprint density at radius 3 is 2.39 bits per heavy atom. The molecule has 0 radical (unpaired) electrons. The van der Waals surface area contributed by atoms with E-state index in [0.29, 0.717) is 18.6 Å². The zero-order valence-electron chi connectivity index (χ0n) is 11.8. The quantitative estimate of drug-likeness (QED) is 0.808. The number of sulfonamides is 1. The predicted octanol–water partition coefficient (Wildman–Crippen LogP) is 2.14. The molecular formula is C13H27NO3S. The summed E-state index contributed by atoms with van der Waals surface area (Å²) >= 11 is 0. The van der Waals surface area contributed by atoms with E-state index in [1.807, 2.05) is 13.8 Å². The van der Waals surface area contributed by atoms with E-state index in [-0.39, 0.29) is 17.6 Å². The zero-order valence-corrected chi connectivity index (χ0v) is 12.6. The van der Waals surface area contributed by atoms with Crippen LogP contribution in [0.1, 0.15) is 46.5 Å². The van der Waals surface area contributed by atoms with Crippen molar-refractivity contribution in [2.75, 3.05) is 12.4 Å². The molecule has 0 aromatic carbocycles. The molecule has 0 amide bonds. The van der Waals surface area contributed by atoms with Crippen LogP contribution in [0.3, 0.4) is 0 Å². The van der Waals surface area contributed by atoms with Gasteiger partial charge in [-0.15, -0.1) is 0 Å². The van der Waals surface area contributed by atoms with E-state index in [1.54, 1.807) is 0 Å². The summed E-state index contributed by atoms with van der Waals surface area (Å²) in [5.41, 5.74) is 0. The van der Waals surface area contributed by atoms with E-state index in [9.17, 15) is 8.42 Å². The maximum atomic E-state index is 11.2. The van der Waals surface area contributed by atoms with Gasteiger partial charge in [-0.25, -0.2) is 13.6 Å². The van der Waals surface area contributed by atoms with Crippen molar-refractivity contribution in [1.29, 1.82) is 0 Å². The lowest BCUT2D eigenvalue weighted by Crippen LogP contribution is -2.33. The van der Waals surface area contributed by atoms with Gasteiger partial charge in [-0.1, -0.05) is 33.6 Å². The fourth-order valence-electron chi connectivity index (χ4n) is 2.51. The first-order chi connectivity index (χ1) is 8.29. The average Bonchev–Trinajstić information content (AvgIpc) is 2.24. The number of hydrogen-bond acceptors (Lipinski definition) is 3. The highest BCUT2D eigenvalue weighted by molar-refractivity contribution is 7.89. The fraction of sp³-hybridized carbons (Fsp3) is 1.00. The van der Waals surface area contributed by atoms with Crippen LogP contribution in [0.2, 0.25) is 0 Å². The molecule has 0 aromatic heterocycles. The molecule has 5 heteroatoms. The summed E-state index contributed by atoms with van der Waals surface area (Å²) in [6.45, 7) is 6.75. The van der Waals surface area contributed by atoms with Crippen LogP contribution in [0.5, 0.6) is 0 Å². The lowest BCUT2D eigenvalue weighted by molar-refractivity contribution is -0.0249. The Kier molecular flexibility index (Phi) is 6.08. The van der Waals surface area contributed by atoms with Gasteiger partial charge in [-0.2, -0.15) is 0 Å². The van der Waals surface area contributed by atoms with Crippen molar-refractivity contribution in [2.24, 2.45) is 22.9 Å². The largest absolute Gasteiger partial charge is 0.378 e. The van der Waals surface area contributed by atoms with E-state index >= 15 is 0 Å². The molecule has 1 aliphatic rings. The number of primary sulfonamides is 1. The van der Waals surface area contributed by atoms with Crippen LogP contribution in [0.15, 0.2) is 0 Å². The lowest BCUT2D eigenvalue weighted by Gasteiger charge is -2.31. The van der Waals surface area contributed by atoms with Gasteiger partial charge in [0, 0.05) is 0 Å². The van der Waals surface area contributed by atoms with Crippen molar-refractivity contribution in [1.82, 2.24) is 0 Å². The monoisotopic (exact) mass is 277 g/mol. The SMILES string of the molecule is CC(C)C(COC1CCCCC1C)CS(N)(=O)=O. The Labute approximate surface area is 111 Å². The Morgan fingerprint density at radius 2 is 1.89 bits per heavy atom. The molecule has 3 atom stereocenters. The van der Waals surface area contributed by atoms with Crippen molar-refractivity contribution in [3.63, 3.8) is 0 Å². The summed E-state index contributed by atoms with van der Waals surface area (Å²) in [5, 5.41) is 5.13. The molecule has 18 heavy (non-hydrogen) atoms. The maximum absolute atomic E-state index is 11.2. The van der Waals surface area contributed by atoms with Gasteiger partial charge in [-0.05, 0) is 30.6 Å². The van der Waals surface area contributed by atoms with Gasteiger partial charge in [0.25, 0.3) is 0 Å². The highest BCUT2D eigenvalue weighted by Crippen LogP contribution is 2.27. The van der Waals surface area contributed by atoms with Gasteiger partial charge in [0.15, 0.2) is 0 Å². The minimum atomic E-state index is -3.41. The van der Waals surface area contributed by atoms with Gasteiger partial charge >= 0.3 is 0 Å². The summed E-state index contributed by atoms with van der Waals surface area (Å²) in [7, 11) is -3.41. The Bertz CT molecular complexity index is 340. The van der Waals surface area contributed by atoms with Gasteiger partial charge in [-0.3, -0.25) is 0 Å². The van der Waals surface area contributed by atoms with Gasteiger partial charge in [0.2, 0.25) is 10.0 Å². The van der Waals surface area contributed by atoms with Crippen molar-refractivity contribution in [3.05, 3.63) is 0 Å². The number of nitrogens with two attached hydrogens (primary N) is 1. The van der Waals surface area contributed by atoms with Crippen LogP contribution >= 0.6 is 0 Å². The molecule has 2 N–H and O–H groups in total. The molecule has 0 spiro atoms. The van der Waals surface area contributed by atoms with Crippen LogP contribution in [0.25, 0.3) is 0 Å². The molecule has 1 saturated carbocycles. The molecule has 1 fully saturated rings. The van der Waals surface area contributed by atoms with E-state index in [4.69, 9.17) is 9.88 Å². The first-order valence-corrected chi connectivity index (χ1v) is 8.63. The Morgan fingerprint density at radius 1 is 1.28 bits per heavy atom. The van der Waals surface area contributed by atoms with Crippen LogP contribution < -0.4 is 5.14 Å². The van der Waals surface area contributed by atoms with Crippen molar-refractivity contribution >= 4 is 10.0 Å². The number of hydrogen-bond donors (Lipinski definition) is 1. The van der Waals surface area contributed by atoms with Gasteiger partial charge in [0.1, 0.15) is 0 Å². The van der Waals surface area contributed by atoms with Gasteiger partial charge < -0.3 is 4.74 Å². The number of rotatable bonds is 6. The van der Waals surface area contributed by atoms with E-state index in [1.165, 1.54) is 19.3 Å². The third kappa shape index (κ3) is 5.67. The first kappa shape index (κ1) is 15.9. The lowest BCUT2D eigenvalue weighted by atomic mass is 9.88. The maximum Gasteiger partial charge on any atom is 0.209 e. The average molecular weight is 277 g/mol. The van der Waals surface area contributed by atoms with Crippen LogP contribution in [-0.2, 0) is 14.8 Å². The normalized spacial score (nSPS) is 27.4.